The van der Waals surface area contributed by atoms with Crippen LogP contribution in [0.25, 0.3) is 0 Å². The number of nitrogens with zero attached hydrogens (tertiary/aromatic N) is 5. The van der Waals surface area contributed by atoms with Crippen molar-refractivity contribution in [3.05, 3.63) is 17.8 Å². The molecular weight excluding hydrogens is 361 g/mol. The van der Waals surface area contributed by atoms with Crippen LogP contribution in [-0.4, -0.2) is 60.9 Å². The molecule has 2 aliphatic heterocycles. The monoisotopic (exact) mass is 391 g/mol. The highest BCUT2D eigenvalue weighted by molar-refractivity contribution is 6.62. The van der Waals surface area contributed by atoms with Crippen LogP contribution in [0.2, 0.25) is 0 Å². The van der Waals surface area contributed by atoms with E-state index in [1.54, 1.807) is 18.4 Å². The van der Waals surface area contributed by atoms with Gasteiger partial charge in [0, 0.05) is 25.3 Å². The summed E-state index contributed by atoms with van der Waals surface area (Å²) in [6.07, 6.45) is 2.31. The molecule has 9 nitrogen and oxygen atoms in total. The third kappa shape index (κ3) is 3.87. The molecule has 10 heteroatoms. The van der Waals surface area contributed by atoms with Gasteiger partial charge in [-0.1, -0.05) is 12.1 Å². The van der Waals surface area contributed by atoms with Gasteiger partial charge in [-0.25, -0.2) is 4.98 Å². The normalized spacial score (nSPS) is 23.6. The molecule has 1 atom stereocenters. The zero-order valence-corrected chi connectivity index (χ0v) is 17.8. The van der Waals surface area contributed by atoms with E-state index in [1.807, 2.05) is 45.8 Å². The van der Waals surface area contributed by atoms with E-state index in [4.69, 9.17) is 18.8 Å². The van der Waals surface area contributed by atoms with E-state index >= 15 is 0 Å². The number of hydrogen-bond acceptors (Lipinski definition) is 9. The van der Waals surface area contributed by atoms with Gasteiger partial charge in [0.25, 0.3) is 0 Å². The molecule has 28 heavy (non-hydrogen) atoms. The van der Waals surface area contributed by atoms with E-state index in [-0.39, 0.29) is 6.17 Å². The molecule has 0 N–H and O–H groups in total. The number of rotatable bonds is 7. The number of pyridine rings is 1. The van der Waals surface area contributed by atoms with Crippen LogP contribution >= 0.6 is 0 Å². The van der Waals surface area contributed by atoms with Crippen molar-refractivity contribution in [2.75, 3.05) is 27.5 Å². The number of hydrogen-bond donors (Lipinski definition) is 0. The number of methoxy groups -OCH3 is 1. The van der Waals surface area contributed by atoms with E-state index in [0.717, 1.165) is 17.4 Å². The molecular formula is C18H30BN5O4. The highest BCUT2D eigenvalue weighted by atomic mass is 16.7. The third-order valence-electron chi connectivity index (χ3n) is 5.43. The lowest BCUT2D eigenvalue weighted by atomic mass is 9.79. The molecule has 0 radical (unpaired) electrons. The summed E-state index contributed by atoms with van der Waals surface area (Å²) in [5, 5.41) is 12.2. The van der Waals surface area contributed by atoms with Crippen molar-refractivity contribution in [2.24, 2.45) is 10.3 Å². The Labute approximate surface area is 167 Å². The van der Waals surface area contributed by atoms with Gasteiger partial charge in [0.15, 0.2) is 12.9 Å². The Kier molecular flexibility index (Phi) is 5.95. The summed E-state index contributed by atoms with van der Waals surface area (Å²) in [7, 11) is 2.99. The predicted molar refractivity (Wildman–Crippen MR) is 105 cm³/mol. The van der Waals surface area contributed by atoms with E-state index in [9.17, 15) is 0 Å². The van der Waals surface area contributed by atoms with Crippen molar-refractivity contribution < 1.29 is 18.8 Å². The van der Waals surface area contributed by atoms with Gasteiger partial charge in [-0.2, -0.15) is 10.1 Å². The molecule has 0 amide bonds. The standard InChI is InChI=1S/C18H30BN5O4/c1-8-9-26-12-24-22-21-15(23(24)6)14-10-13(11-20-16(14)25-7)19-27-17(2,3)18(4,5)28-19/h10-11,15H,8-9,12H2,1-7H3. The fraction of sp³-hybridized carbons (Fsp3) is 0.722. The quantitative estimate of drug-likeness (QED) is 0.521. The molecule has 0 aliphatic carbocycles. The van der Waals surface area contributed by atoms with Crippen molar-refractivity contribution in [3.63, 3.8) is 0 Å². The fourth-order valence-corrected chi connectivity index (χ4v) is 2.99. The van der Waals surface area contributed by atoms with Gasteiger partial charge in [0.05, 0.1) is 23.9 Å². The van der Waals surface area contributed by atoms with Gasteiger partial charge >= 0.3 is 7.12 Å². The minimum absolute atomic E-state index is 0.344. The molecule has 1 saturated heterocycles. The second-order valence-electron chi connectivity index (χ2n) is 8.02. The first-order valence-electron chi connectivity index (χ1n) is 9.58. The molecule has 0 bridgehead atoms. The molecule has 3 heterocycles. The van der Waals surface area contributed by atoms with Gasteiger partial charge in [0.1, 0.15) is 0 Å². The summed E-state index contributed by atoms with van der Waals surface area (Å²) in [5.41, 5.74) is 0.766. The van der Waals surface area contributed by atoms with Crippen LogP contribution in [-0.2, 0) is 14.0 Å². The number of aromatic nitrogens is 1. The molecule has 0 spiro atoms. The average molecular weight is 391 g/mol. The van der Waals surface area contributed by atoms with Crippen LogP contribution in [0.4, 0.5) is 0 Å². The lowest BCUT2D eigenvalue weighted by molar-refractivity contribution is -0.0884. The second kappa shape index (κ2) is 7.94. The summed E-state index contributed by atoms with van der Waals surface area (Å²) in [4.78, 5) is 4.46. The number of hydrazine groups is 1. The molecule has 154 valence electrons. The van der Waals surface area contributed by atoms with Crippen molar-refractivity contribution in [2.45, 2.75) is 58.4 Å². The molecule has 2 aliphatic rings. The maximum Gasteiger partial charge on any atom is 0.496 e. The van der Waals surface area contributed by atoms with Crippen molar-refractivity contribution in [1.82, 2.24) is 15.1 Å². The predicted octanol–water partition coefficient (Wildman–Crippen LogP) is 2.30. The van der Waals surface area contributed by atoms with Gasteiger partial charge in [0.2, 0.25) is 5.88 Å². The molecule has 1 aromatic heterocycles. The summed E-state index contributed by atoms with van der Waals surface area (Å²) < 4.78 is 23.3. The fourth-order valence-electron chi connectivity index (χ4n) is 2.99. The van der Waals surface area contributed by atoms with E-state index in [1.165, 1.54) is 0 Å². The molecule has 1 fully saturated rings. The van der Waals surface area contributed by atoms with Crippen molar-refractivity contribution in [3.8, 4) is 5.88 Å². The second-order valence-corrected chi connectivity index (χ2v) is 8.02. The number of ether oxygens (including phenoxy) is 2. The first kappa shape index (κ1) is 21.0. The van der Waals surface area contributed by atoms with Crippen molar-refractivity contribution >= 4 is 12.6 Å². The molecule has 0 saturated carbocycles. The highest BCUT2D eigenvalue weighted by Crippen LogP contribution is 2.37. The maximum atomic E-state index is 6.15. The van der Waals surface area contributed by atoms with Gasteiger partial charge in [-0.3, -0.25) is 0 Å². The summed E-state index contributed by atoms with van der Waals surface area (Å²) in [5.74, 6) is 0.493. The Balaban J connectivity index is 1.82. The van der Waals surface area contributed by atoms with Crippen LogP contribution in [0.5, 0.6) is 5.88 Å². The van der Waals surface area contributed by atoms with Gasteiger partial charge < -0.3 is 18.8 Å². The first-order valence-corrected chi connectivity index (χ1v) is 9.58. The smallest absolute Gasteiger partial charge is 0.481 e. The maximum absolute atomic E-state index is 6.15. The zero-order chi connectivity index (χ0) is 20.5. The van der Waals surface area contributed by atoms with Crippen LogP contribution in [0.15, 0.2) is 22.6 Å². The van der Waals surface area contributed by atoms with E-state index in [2.05, 4.69) is 22.2 Å². The zero-order valence-electron chi connectivity index (χ0n) is 17.8. The topological polar surface area (TPSA) is 81.0 Å². The van der Waals surface area contributed by atoms with E-state index in [0.29, 0.717) is 19.2 Å². The third-order valence-corrected chi connectivity index (χ3v) is 5.43. The highest BCUT2D eigenvalue weighted by Gasteiger charge is 2.52. The SMILES string of the molecule is CCCOCN1N=NC(c2cc(B3OC(C)(C)C(C)(C)O3)cnc2OC)N1C. The first-order chi connectivity index (χ1) is 13.2. The molecule has 1 unspecified atom stereocenters. The average Bonchev–Trinajstić information content (AvgIpc) is 3.11. The minimum Gasteiger partial charge on any atom is -0.481 e. The Bertz CT molecular complexity index is 714. The lowest BCUT2D eigenvalue weighted by Crippen LogP contribution is -2.41. The molecule has 3 rings (SSSR count). The van der Waals surface area contributed by atoms with Gasteiger partial charge in [-0.15, -0.1) is 5.11 Å². The Hall–Kier alpha value is -1.75. The van der Waals surface area contributed by atoms with Crippen LogP contribution in [0.3, 0.4) is 0 Å². The van der Waals surface area contributed by atoms with Crippen LogP contribution in [0.1, 0.15) is 52.8 Å². The van der Waals surface area contributed by atoms with Crippen LogP contribution in [0, 0.1) is 0 Å². The van der Waals surface area contributed by atoms with Gasteiger partial charge in [-0.05, 0) is 40.2 Å². The van der Waals surface area contributed by atoms with Crippen LogP contribution < -0.4 is 10.2 Å². The van der Waals surface area contributed by atoms with E-state index < -0.39 is 18.3 Å². The summed E-state index contributed by atoms with van der Waals surface area (Å²) in [6.45, 7) is 11.2. The largest absolute Gasteiger partial charge is 0.496 e. The Morgan fingerprint density at radius 1 is 1.21 bits per heavy atom. The Morgan fingerprint density at radius 2 is 1.89 bits per heavy atom. The lowest BCUT2D eigenvalue weighted by Gasteiger charge is -2.32. The summed E-state index contributed by atoms with van der Waals surface area (Å²) >= 11 is 0. The Morgan fingerprint density at radius 3 is 2.50 bits per heavy atom. The molecule has 1 aromatic rings. The summed E-state index contributed by atoms with van der Waals surface area (Å²) in [6, 6.07) is 1.96. The molecule has 0 aromatic carbocycles. The minimum atomic E-state index is -0.505. The van der Waals surface area contributed by atoms with Crippen molar-refractivity contribution in [1.29, 1.82) is 0 Å².